The zero-order valence-electron chi connectivity index (χ0n) is 20.7. The fraction of sp³-hybridized carbons (Fsp3) is 0.286. The van der Waals surface area contributed by atoms with Gasteiger partial charge >= 0.3 is 0 Å². The lowest BCUT2D eigenvalue weighted by Crippen LogP contribution is -2.42. The molecule has 1 aromatic heterocycles. The Morgan fingerprint density at radius 3 is 2.39 bits per heavy atom. The molecule has 10 heteroatoms. The Balaban J connectivity index is 1.33. The molecule has 2 aliphatic rings. The molecule has 2 fully saturated rings. The second-order valence-electron chi connectivity index (χ2n) is 9.35. The number of rotatable bonds is 6. The van der Waals surface area contributed by atoms with Crippen molar-refractivity contribution >= 4 is 69.0 Å². The Bertz CT molecular complexity index is 1420. The summed E-state index contributed by atoms with van der Waals surface area (Å²) < 4.78 is 1.81. The van der Waals surface area contributed by atoms with Gasteiger partial charge in [0.05, 0.1) is 4.91 Å². The van der Waals surface area contributed by atoms with Crippen molar-refractivity contribution < 1.29 is 19.2 Å². The molecule has 1 N–H and O–H groups in total. The number of hydrogen-bond donors (Lipinski definition) is 1. The van der Waals surface area contributed by atoms with Crippen LogP contribution in [0.1, 0.15) is 31.2 Å². The number of amides is 4. The van der Waals surface area contributed by atoms with Crippen molar-refractivity contribution in [1.29, 1.82) is 0 Å². The molecule has 3 aromatic rings. The molecular formula is C28H27ClN4O4S. The SMILES string of the molecule is O=C(Cn1cc(C=C2SC(=O)N(CC(=O)N3CCCCCC3)C2=O)c2ccccc21)Nc1ccc(Cl)cc1. The highest BCUT2D eigenvalue weighted by Crippen LogP contribution is 2.34. The third-order valence-corrected chi connectivity index (χ3v) is 7.83. The highest BCUT2D eigenvalue weighted by atomic mass is 35.5. The zero-order chi connectivity index (χ0) is 26.6. The van der Waals surface area contributed by atoms with Crippen LogP contribution < -0.4 is 5.32 Å². The van der Waals surface area contributed by atoms with Gasteiger partial charge in [-0.05, 0) is 61.0 Å². The number of nitrogens with one attached hydrogen (secondary N) is 1. The summed E-state index contributed by atoms with van der Waals surface area (Å²) in [5, 5.41) is 3.83. The van der Waals surface area contributed by atoms with E-state index < -0.39 is 11.1 Å². The highest BCUT2D eigenvalue weighted by Gasteiger charge is 2.37. The quantitative estimate of drug-likeness (QED) is 0.416. The molecule has 0 spiro atoms. The first-order valence-electron chi connectivity index (χ1n) is 12.6. The van der Waals surface area contributed by atoms with Gasteiger partial charge in [0.2, 0.25) is 11.8 Å². The maximum atomic E-state index is 13.1. The van der Waals surface area contributed by atoms with E-state index >= 15 is 0 Å². The molecule has 0 bridgehead atoms. The van der Waals surface area contributed by atoms with Gasteiger partial charge in [-0.15, -0.1) is 0 Å². The Morgan fingerprint density at radius 1 is 0.947 bits per heavy atom. The van der Waals surface area contributed by atoms with E-state index in [1.54, 1.807) is 46.0 Å². The van der Waals surface area contributed by atoms with Crippen LogP contribution in [0.2, 0.25) is 5.02 Å². The molecule has 196 valence electrons. The molecule has 0 saturated carbocycles. The number of fused-ring (bicyclic) bond motifs is 1. The van der Waals surface area contributed by atoms with Crippen LogP contribution >= 0.6 is 23.4 Å². The van der Waals surface area contributed by atoms with Gasteiger partial charge in [-0.2, -0.15) is 0 Å². The van der Waals surface area contributed by atoms with Crippen molar-refractivity contribution in [3.8, 4) is 0 Å². The van der Waals surface area contributed by atoms with Crippen LogP contribution in [0.25, 0.3) is 17.0 Å². The maximum Gasteiger partial charge on any atom is 0.294 e. The molecule has 0 atom stereocenters. The first-order valence-corrected chi connectivity index (χ1v) is 13.7. The molecule has 2 aromatic carbocycles. The number of nitrogens with zero attached hydrogens (tertiary/aromatic N) is 3. The summed E-state index contributed by atoms with van der Waals surface area (Å²) in [6.07, 6.45) is 7.51. The third kappa shape index (κ3) is 5.79. The normalized spacial score (nSPS) is 17.3. The summed E-state index contributed by atoms with van der Waals surface area (Å²) in [7, 11) is 0. The summed E-state index contributed by atoms with van der Waals surface area (Å²) in [4.78, 5) is 54.4. The second-order valence-corrected chi connectivity index (χ2v) is 10.8. The summed E-state index contributed by atoms with van der Waals surface area (Å²) >= 11 is 6.75. The molecule has 8 nitrogen and oxygen atoms in total. The van der Waals surface area contributed by atoms with Crippen molar-refractivity contribution in [3.05, 3.63) is 70.2 Å². The van der Waals surface area contributed by atoms with Crippen LogP contribution in [-0.2, 0) is 20.9 Å². The van der Waals surface area contributed by atoms with Crippen molar-refractivity contribution in [2.24, 2.45) is 0 Å². The van der Waals surface area contributed by atoms with Gasteiger partial charge in [0, 0.05) is 46.5 Å². The number of carbonyl (C=O) groups excluding carboxylic acids is 4. The number of carbonyl (C=O) groups is 4. The van der Waals surface area contributed by atoms with Gasteiger partial charge < -0.3 is 14.8 Å². The Labute approximate surface area is 229 Å². The lowest BCUT2D eigenvalue weighted by atomic mass is 10.1. The molecule has 3 heterocycles. The van der Waals surface area contributed by atoms with E-state index in [4.69, 9.17) is 11.6 Å². The number of benzene rings is 2. The monoisotopic (exact) mass is 550 g/mol. The number of likely N-dealkylation sites (tertiary alicyclic amines) is 1. The largest absolute Gasteiger partial charge is 0.341 e. The van der Waals surface area contributed by atoms with E-state index in [1.807, 2.05) is 24.3 Å². The van der Waals surface area contributed by atoms with Gasteiger partial charge in [0.15, 0.2) is 0 Å². The fourth-order valence-corrected chi connectivity index (χ4v) is 5.70. The van der Waals surface area contributed by atoms with Gasteiger partial charge in [0.1, 0.15) is 13.1 Å². The van der Waals surface area contributed by atoms with E-state index in [2.05, 4.69) is 5.32 Å². The molecule has 2 saturated heterocycles. The highest BCUT2D eigenvalue weighted by molar-refractivity contribution is 8.18. The number of aromatic nitrogens is 1. The summed E-state index contributed by atoms with van der Waals surface area (Å²) in [5.74, 6) is -0.883. The van der Waals surface area contributed by atoms with Crippen molar-refractivity contribution in [2.45, 2.75) is 32.2 Å². The van der Waals surface area contributed by atoms with Gasteiger partial charge in [-0.3, -0.25) is 24.1 Å². The molecule has 0 aliphatic carbocycles. The summed E-state index contributed by atoms with van der Waals surface area (Å²) in [6.45, 7) is 1.14. The minimum Gasteiger partial charge on any atom is -0.341 e. The molecule has 0 radical (unpaired) electrons. The molecule has 38 heavy (non-hydrogen) atoms. The van der Waals surface area contributed by atoms with Crippen molar-refractivity contribution in [2.75, 3.05) is 25.0 Å². The van der Waals surface area contributed by atoms with E-state index in [9.17, 15) is 19.2 Å². The van der Waals surface area contributed by atoms with Crippen LogP contribution in [-0.4, -0.2) is 57.0 Å². The molecule has 5 rings (SSSR count). The molecule has 2 aliphatic heterocycles. The second kappa shape index (κ2) is 11.4. The minimum absolute atomic E-state index is 0.0583. The van der Waals surface area contributed by atoms with Crippen LogP contribution in [0.4, 0.5) is 10.5 Å². The van der Waals surface area contributed by atoms with Gasteiger partial charge in [-0.25, -0.2) is 0 Å². The number of imide groups is 1. The smallest absolute Gasteiger partial charge is 0.294 e. The Morgan fingerprint density at radius 2 is 1.66 bits per heavy atom. The standard InChI is InChI=1S/C28H27ClN4O4S/c29-20-9-11-21(12-10-20)30-25(34)17-32-16-19(22-7-3-4-8-23(22)32)15-24-27(36)33(28(37)38-24)18-26(35)31-13-5-1-2-6-14-31/h3-4,7-12,15-16H,1-2,5-6,13-14,17-18H2,(H,30,34). The molecular weight excluding hydrogens is 524 g/mol. The first kappa shape index (κ1) is 26.1. The first-order chi connectivity index (χ1) is 18.4. The van der Waals surface area contributed by atoms with E-state index in [0.717, 1.165) is 53.2 Å². The minimum atomic E-state index is -0.472. The number of halogens is 1. The van der Waals surface area contributed by atoms with E-state index in [-0.39, 0.29) is 29.8 Å². The van der Waals surface area contributed by atoms with E-state index in [1.165, 1.54) is 0 Å². The average molecular weight is 551 g/mol. The molecule has 0 unspecified atom stereocenters. The number of thioether (sulfide) groups is 1. The van der Waals surface area contributed by atoms with Crippen molar-refractivity contribution in [3.63, 3.8) is 0 Å². The topological polar surface area (TPSA) is 91.7 Å². The summed E-state index contributed by atoms with van der Waals surface area (Å²) in [6, 6.07) is 14.4. The number of para-hydroxylation sites is 1. The lowest BCUT2D eigenvalue weighted by molar-refractivity contribution is -0.135. The number of hydrogen-bond acceptors (Lipinski definition) is 5. The summed E-state index contributed by atoms with van der Waals surface area (Å²) in [5.41, 5.74) is 2.17. The van der Waals surface area contributed by atoms with E-state index in [0.29, 0.717) is 29.4 Å². The zero-order valence-corrected chi connectivity index (χ0v) is 22.3. The Kier molecular flexibility index (Phi) is 7.85. The lowest BCUT2D eigenvalue weighted by Gasteiger charge is -2.22. The van der Waals surface area contributed by atoms with Gasteiger partial charge in [-0.1, -0.05) is 42.6 Å². The molecule has 4 amide bonds. The average Bonchev–Trinajstić information content (AvgIpc) is 3.21. The van der Waals surface area contributed by atoms with Crippen LogP contribution in [0.15, 0.2) is 59.6 Å². The Hall–Kier alpha value is -3.56. The van der Waals surface area contributed by atoms with Crippen LogP contribution in [0, 0.1) is 0 Å². The fourth-order valence-electron chi connectivity index (χ4n) is 4.74. The van der Waals surface area contributed by atoms with Crippen LogP contribution in [0.5, 0.6) is 0 Å². The number of anilines is 1. The van der Waals surface area contributed by atoms with Gasteiger partial charge in [0.25, 0.3) is 11.1 Å². The van der Waals surface area contributed by atoms with Crippen LogP contribution in [0.3, 0.4) is 0 Å². The third-order valence-electron chi connectivity index (χ3n) is 6.67. The maximum absolute atomic E-state index is 13.1. The predicted octanol–water partition coefficient (Wildman–Crippen LogP) is 5.37. The van der Waals surface area contributed by atoms with Crippen molar-refractivity contribution in [1.82, 2.24) is 14.4 Å². The predicted molar refractivity (Wildman–Crippen MR) is 150 cm³/mol.